The highest BCUT2D eigenvalue weighted by Gasteiger charge is 2.13. The monoisotopic (exact) mass is 554 g/mol. The lowest BCUT2D eigenvalue weighted by Crippen LogP contribution is -2.10. The van der Waals surface area contributed by atoms with Crippen molar-refractivity contribution in [2.45, 2.75) is 12.8 Å². The molecule has 0 aromatic heterocycles. The zero-order valence-corrected chi connectivity index (χ0v) is 22.0. The van der Waals surface area contributed by atoms with Crippen molar-refractivity contribution in [1.29, 1.82) is 0 Å². The highest BCUT2D eigenvalue weighted by atomic mass is 32.2. The summed E-state index contributed by atoms with van der Waals surface area (Å²) in [6.07, 6.45) is 0.118. The Bertz CT molecular complexity index is 1440. The van der Waals surface area contributed by atoms with Crippen molar-refractivity contribution in [1.82, 2.24) is 0 Å². The Kier molecular flexibility index (Phi) is 10.3. The van der Waals surface area contributed by atoms with Crippen LogP contribution in [0.3, 0.4) is 0 Å². The van der Waals surface area contributed by atoms with Crippen LogP contribution < -0.4 is 9.47 Å². The van der Waals surface area contributed by atoms with E-state index in [1.807, 2.05) is 60.7 Å². The maximum absolute atomic E-state index is 11.1. The van der Waals surface area contributed by atoms with Gasteiger partial charge in [0.05, 0.1) is 35.8 Å². The Balaban J connectivity index is 1.98. The van der Waals surface area contributed by atoms with Crippen molar-refractivity contribution >= 4 is 20.2 Å². The van der Waals surface area contributed by atoms with Gasteiger partial charge >= 0.3 is 0 Å². The lowest BCUT2D eigenvalue weighted by Gasteiger charge is -2.13. The standard InChI is InChI=1S/C28H26O8S2/c29-37(30,31)19-7-17-35-27-22-26(16-14-24-11-5-2-6-12-24)28(36-18-8-20-38(32,33)34)21-25(27)15-13-23-9-3-1-4-10-23/h1-6,9-12,21-22H,7-8,17-20H2,(H,29,30,31)(H,32,33,34). The minimum absolute atomic E-state index is 0.0000753. The molecule has 0 amide bonds. The first kappa shape index (κ1) is 28.8. The highest BCUT2D eigenvalue weighted by molar-refractivity contribution is 7.86. The second-order valence-corrected chi connectivity index (χ2v) is 11.2. The molecule has 0 aliphatic rings. The van der Waals surface area contributed by atoms with Gasteiger partial charge in [-0.05, 0) is 37.1 Å². The summed E-state index contributed by atoms with van der Waals surface area (Å²) in [5, 5.41) is 0. The summed E-state index contributed by atoms with van der Waals surface area (Å²) in [6, 6.07) is 21.7. The molecule has 198 valence electrons. The predicted octanol–water partition coefficient (Wildman–Crippen LogP) is 3.80. The van der Waals surface area contributed by atoms with Crippen LogP contribution in [0.4, 0.5) is 0 Å². The number of benzene rings is 3. The lowest BCUT2D eigenvalue weighted by molar-refractivity contribution is 0.306. The van der Waals surface area contributed by atoms with E-state index in [-0.39, 0.29) is 26.1 Å². The Labute approximate surface area is 223 Å². The fraction of sp³-hybridized carbons (Fsp3) is 0.214. The van der Waals surface area contributed by atoms with E-state index in [4.69, 9.17) is 18.6 Å². The first-order valence-electron chi connectivity index (χ1n) is 11.6. The van der Waals surface area contributed by atoms with E-state index in [9.17, 15) is 16.8 Å². The molecule has 0 saturated carbocycles. The van der Waals surface area contributed by atoms with Gasteiger partial charge in [-0.3, -0.25) is 9.11 Å². The van der Waals surface area contributed by atoms with Crippen molar-refractivity contribution in [3.63, 3.8) is 0 Å². The molecule has 0 spiro atoms. The van der Waals surface area contributed by atoms with E-state index in [1.165, 1.54) is 0 Å². The second-order valence-electron chi connectivity index (χ2n) is 8.05. The third kappa shape index (κ3) is 10.7. The average molecular weight is 555 g/mol. The summed E-state index contributed by atoms with van der Waals surface area (Å²) in [5.41, 5.74) is 2.40. The van der Waals surface area contributed by atoms with Crippen LogP contribution in [0.25, 0.3) is 0 Å². The molecule has 0 aliphatic carbocycles. The fourth-order valence-corrected chi connectivity index (χ4v) is 4.13. The van der Waals surface area contributed by atoms with Gasteiger partial charge in [0.25, 0.3) is 20.2 Å². The minimum atomic E-state index is -4.12. The molecule has 0 radical (unpaired) electrons. The Morgan fingerprint density at radius 3 is 1.29 bits per heavy atom. The zero-order valence-electron chi connectivity index (χ0n) is 20.3. The highest BCUT2D eigenvalue weighted by Crippen LogP contribution is 2.29. The van der Waals surface area contributed by atoms with Gasteiger partial charge < -0.3 is 9.47 Å². The van der Waals surface area contributed by atoms with Crippen molar-refractivity contribution in [2.24, 2.45) is 0 Å². The summed E-state index contributed by atoms with van der Waals surface area (Å²) in [4.78, 5) is 0. The minimum Gasteiger partial charge on any atom is -0.492 e. The quantitative estimate of drug-likeness (QED) is 0.220. The zero-order chi connectivity index (χ0) is 27.4. The summed E-state index contributed by atoms with van der Waals surface area (Å²) in [5.74, 6) is 11.9. The van der Waals surface area contributed by atoms with Crippen LogP contribution in [0.15, 0.2) is 72.8 Å². The van der Waals surface area contributed by atoms with Crippen molar-refractivity contribution in [2.75, 3.05) is 24.7 Å². The molecule has 0 heterocycles. The van der Waals surface area contributed by atoms with Crippen molar-refractivity contribution in [3.05, 3.63) is 95.1 Å². The molecule has 3 aromatic carbocycles. The van der Waals surface area contributed by atoms with Crippen molar-refractivity contribution in [3.8, 4) is 35.2 Å². The molecule has 0 saturated heterocycles. The Hall–Kier alpha value is -3.80. The van der Waals surface area contributed by atoms with Gasteiger partial charge in [0.1, 0.15) is 11.5 Å². The van der Waals surface area contributed by atoms with Crippen LogP contribution >= 0.6 is 0 Å². The SMILES string of the molecule is O=S(=O)(O)CCCOc1cc(C#Cc2ccccc2)c(OCCCS(=O)(=O)O)cc1C#Cc1ccccc1. The van der Waals surface area contributed by atoms with Crippen LogP contribution in [-0.2, 0) is 20.2 Å². The van der Waals surface area contributed by atoms with Crippen molar-refractivity contribution < 1.29 is 35.4 Å². The molecule has 8 nitrogen and oxygen atoms in total. The molecule has 3 rings (SSSR count). The summed E-state index contributed by atoms with van der Waals surface area (Å²) < 4.78 is 73.9. The molecule has 38 heavy (non-hydrogen) atoms. The van der Waals surface area contributed by atoms with Crippen LogP contribution in [0.1, 0.15) is 35.1 Å². The second kappa shape index (κ2) is 13.7. The van der Waals surface area contributed by atoms with Crippen LogP contribution in [0.5, 0.6) is 11.5 Å². The van der Waals surface area contributed by atoms with E-state index in [0.717, 1.165) is 11.1 Å². The van der Waals surface area contributed by atoms with Gasteiger partial charge in [0, 0.05) is 23.3 Å². The lowest BCUT2D eigenvalue weighted by atomic mass is 10.1. The number of ether oxygens (including phenoxy) is 2. The number of hydrogen-bond acceptors (Lipinski definition) is 6. The van der Waals surface area contributed by atoms with Gasteiger partial charge in [-0.15, -0.1) is 0 Å². The molecule has 10 heteroatoms. The normalized spacial score (nSPS) is 11.0. The fourth-order valence-electron chi connectivity index (χ4n) is 3.16. The topological polar surface area (TPSA) is 127 Å². The first-order chi connectivity index (χ1) is 18.1. The maximum atomic E-state index is 11.1. The van der Waals surface area contributed by atoms with Crippen LogP contribution in [0, 0.1) is 23.7 Å². The third-order valence-electron chi connectivity index (χ3n) is 4.92. The van der Waals surface area contributed by atoms with E-state index in [0.29, 0.717) is 22.6 Å². The molecule has 2 N–H and O–H groups in total. The maximum Gasteiger partial charge on any atom is 0.264 e. The molecule has 0 aliphatic heterocycles. The molecule has 0 bridgehead atoms. The average Bonchev–Trinajstić information content (AvgIpc) is 2.87. The molecular weight excluding hydrogens is 528 g/mol. The largest absolute Gasteiger partial charge is 0.492 e. The smallest absolute Gasteiger partial charge is 0.264 e. The van der Waals surface area contributed by atoms with Crippen LogP contribution in [-0.4, -0.2) is 50.7 Å². The van der Waals surface area contributed by atoms with Gasteiger partial charge in [-0.2, -0.15) is 16.8 Å². The number of hydrogen-bond donors (Lipinski definition) is 2. The molecular formula is C28H26O8S2. The Morgan fingerprint density at radius 2 is 0.947 bits per heavy atom. The van der Waals surface area contributed by atoms with E-state index < -0.39 is 31.7 Å². The molecule has 0 atom stereocenters. The van der Waals surface area contributed by atoms with Gasteiger partial charge in [-0.25, -0.2) is 0 Å². The predicted molar refractivity (Wildman–Crippen MR) is 144 cm³/mol. The van der Waals surface area contributed by atoms with E-state index >= 15 is 0 Å². The van der Waals surface area contributed by atoms with Crippen LogP contribution in [0.2, 0.25) is 0 Å². The first-order valence-corrected chi connectivity index (χ1v) is 14.8. The molecule has 0 unspecified atom stereocenters. The number of rotatable bonds is 10. The van der Waals surface area contributed by atoms with Gasteiger partial charge in [0.15, 0.2) is 0 Å². The summed E-state index contributed by atoms with van der Waals surface area (Å²) >= 11 is 0. The third-order valence-corrected chi connectivity index (χ3v) is 6.53. The summed E-state index contributed by atoms with van der Waals surface area (Å²) in [6.45, 7) is -0.000151. The van der Waals surface area contributed by atoms with Gasteiger partial charge in [-0.1, -0.05) is 60.1 Å². The molecule has 3 aromatic rings. The molecule has 0 fully saturated rings. The van der Waals surface area contributed by atoms with Gasteiger partial charge in [0.2, 0.25) is 0 Å². The Morgan fingerprint density at radius 1 is 0.579 bits per heavy atom. The van der Waals surface area contributed by atoms with E-state index in [2.05, 4.69) is 23.7 Å². The van der Waals surface area contributed by atoms with E-state index in [1.54, 1.807) is 12.1 Å². The summed E-state index contributed by atoms with van der Waals surface area (Å²) in [7, 11) is -8.25.